The third kappa shape index (κ3) is 6.55. The Kier molecular flexibility index (Phi) is 7.48. The van der Waals surface area contributed by atoms with Gasteiger partial charge in [0.15, 0.2) is 6.61 Å². The maximum Gasteiger partial charge on any atom is 0.260 e. The number of hydrogen-bond acceptors (Lipinski definition) is 4. The molecule has 3 aromatic rings. The number of carbonyl (C=O) groups excluding carboxylic acids is 1. The lowest BCUT2D eigenvalue weighted by molar-refractivity contribution is -0.132. The minimum absolute atomic E-state index is 0.0715. The van der Waals surface area contributed by atoms with Gasteiger partial charge in [-0.2, -0.15) is 0 Å². The summed E-state index contributed by atoms with van der Waals surface area (Å²) < 4.78 is 44.5. The van der Waals surface area contributed by atoms with E-state index in [4.69, 9.17) is 4.74 Å². The Morgan fingerprint density at radius 2 is 1.47 bits per heavy atom. The normalized spacial score (nSPS) is 11.1. The van der Waals surface area contributed by atoms with Gasteiger partial charge < -0.3 is 9.64 Å². The Morgan fingerprint density at radius 3 is 2.06 bits per heavy atom. The quantitative estimate of drug-likeness (QED) is 0.491. The molecule has 8 heteroatoms. The summed E-state index contributed by atoms with van der Waals surface area (Å²) in [7, 11) is -1.86. The number of nitrogens with zero attached hydrogens (tertiary/aromatic N) is 2. The van der Waals surface area contributed by atoms with Crippen LogP contribution in [0.5, 0.6) is 5.75 Å². The first-order chi connectivity index (χ1) is 15.2. The lowest BCUT2D eigenvalue weighted by Crippen LogP contribution is -2.31. The smallest absolute Gasteiger partial charge is 0.260 e. The molecule has 0 fully saturated rings. The first kappa shape index (κ1) is 23.3. The van der Waals surface area contributed by atoms with Crippen LogP contribution in [0, 0.1) is 5.82 Å². The zero-order valence-corrected chi connectivity index (χ0v) is 18.8. The van der Waals surface area contributed by atoms with E-state index < -0.39 is 10.0 Å². The van der Waals surface area contributed by atoms with Crippen molar-refractivity contribution in [3.63, 3.8) is 0 Å². The number of rotatable bonds is 9. The second-order valence-electron chi connectivity index (χ2n) is 7.41. The molecule has 168 valence electrons. The number of amides is 1. The molecule has 0 saturated carbocycles. The van der Waals surface area contributed by atoms with E-state index in [0.29, 0.717) is 23.5 Å². The monoisotopic (exact) mass is 456 g/mol. The van der Waals surface area contributed by atoms with E-state index in [-0.39, 0.29) is 24.9 Å². The first-order valence-electron chi connectivity index (χ1n) is 9.95. The first-order valence-corrected chi connectivity index (χ1v) is 11.8. The lowest BCUT2D eigenvalue weighted by atomic mass is 10.2. The number of anilines is 1. The van der Waals surface area contributed by atoms with Crippen LogP contribution in [0.2, 0.25) is 0 Å². The minimum atomic E-state index is -3.57. The molecular weight excluding hydrogens is 431 g/mol. The van der Waals surface area contributed by atoms with Crippen molar-refractivity contribution in [3.8, 4) is 5.75 Å². The highest BCUT2D eigenvalue weighted by Crippen LogP contribution is 2.24. The highest BCUT2D eigenvalue weighted by Gasteiger charge is 2.18. The van der Waals surface area contributed by atoms with Gasteiger partial charge in [-0.1, -0.05) is 42.5 Å². The fourth-order valence-electron chi connectivity index (χ4n) is 3.07. The Balaban J connectivity index is 1.62. The summed E-state index contributed by atoms with van der Waals surface area (Å²) in [5, 5.41) is 0. The maximum absolute atomic E-state index is 13.1. The van der Waals surface area contributed by atoms with Gasteiger partial charge in [0.25, 0.3) is 5.91 Å². The molecule has 0 aliphatic rings. The molecule has 0 heterocycles. The fourth-order valence-corrected chi connectivity index (χ4v) is 3.95. The minimum Gasteiger partial charge on any atom is -0.484 e. The Morgan fingerprint density at radius 1 is 0.875 bits per heavy atom. The molecule has 0 aliphatic carbocycles. The van der Waals surface area contributed by atoms with Gasteiger partial charge in [0.1, 0.15) is 11.6 Å². The van der Waals surface area contributed by atoms with Crippen LogP contribution in [0.3, 0.4) is 0 Å². The topological polar surface area (TPSA) is 66.9 Å². The second kappa shape index (κ2) is 10.3. The fraction of sp³-hybridized carbons (Fsp3) is 0.208. The molecule has 3 aromatic carbocycles. The zero-order chi connectivity index (χ0) is 23.1. The van der Waals surface area contributed by atoms with E-state index in [0.717, 1.165) is 11.8 Å². The molecule has 6 nitrogen and oxygen atoms in total. The summed E-state index contributed by atoms with van der Waals surface area (Å²) in [6.45, 7) is 0.421. The highest BCUT2D eigenvalue weighted by atomic mass is 32.2. The van der Waals surface area contributed by atoms with E-state index in [1.54, 1.807) is 48.3 Å². The molecular formula is C24H25FN2O4S. The van der Waals surface area contributed by atoms with Crippen molar-refractivity contribution in [2.75, 3.05) is 24.2 Å². The lowest BCUT2D eigenvalue weighted by Gasteiger charge is -2.23. The average Bonchev–Trinajstić information content (AvgIpc) is 2.77. The molecule has 32 heavy (non-hydrogen) atoms. The van der Waals surface area contributed by atoms with Gasteiger partial charge >= 0.3 is 0 Å². The molecule has 0 unspecified atom stereocenters. The van der Waals surface area contributed by atoms with Crippen molar-refractivity contribution in [3.05, 3.63) is 95.8 Å². The van der Waals surface area contributed by atoms with Gasteiger partial charge in [0.2, 0.25) is 10.0 Å². The molecule has 0 N–H and O–H groups in total. The van der Waals surface area contributed by atoms with Gasteiger partial charge in [0.05, 0.1) is 18.5 Å². The number of halogens is 1. The van der Waals surface area contributed by atoms with Crippen molar-refractivity contribution < 1.29 is 22.3 Å². The van der Waals surface area contributed by atoms with Gasteiger partial charge in [0, 0.05) is 13.6 Å². The van der Waals surface area contributed by atoms with E-state index in [2.05, 4.69) is 0 Å². The number of hydrogen-bond donors (Lipinski definition) is 0. The van der Waals surface area contributed by atoms with Gasteiger partial charge in [-0.3, -0.25) is 9.10 Å². The molecule has 0 atom stereocenters. The summed E-state index contributed by atoms with van der Waals surface area (Å²) in [4.78, 5) is 13.9. The maximum atomic E-state index is 13.1. The van der Waals surface area contributed by atoms with Crippen molar-refractivity contribution in [2.45, 2.75) is 13.1 Å². The van der Waals surface area contributed by atoms with E-state index >= 15 is 0 Å². The van der Waals surface area contributed by atoms with Crippen LogP contribution >= 0.6 is 0 Å². The second-order valence-corrected chi connectivity index (χ2v) is 9.32. The number of sulfonamides is 1. The van der Waals surface area contributed by atoms with Gasteiger partial charge in [-0.25, -0.2) is 12.8 Å². The van der Waals surface area contributed by atoms with Gasteiger partial charge in [-0.15, -0.1) is 0 Å². The third-order valence-electron chi connectivity index (χ3n) is 4.82. The molecule has 3 rings (SSSR count). The number of ether oxygens (including phenoxy) is 1. The van der Waals surface area contributed by atoms with Crippen LogP contribution in [0.1, 0.15) is 11.1 Å². The summed E-state index contributed by atoms with van der Waals surface area (Å²) in [6, 6.07) is 21.8. The molecule has 0 aromatic heterocycles. The van der Waals surface area contributed by atoms with Crippen LogP contribution in [-0.4, -0.2) is 39.1 Å². The van der Waals surface area contributed by atoms with Crippen molar-refractivity contribution in [2.24, 2.45) is 0 Å². The predicted molar refractivity (Wildman–Crippen MR) is 122 cm³/mol. The number of benzene rings is 3. The van der Waals surface area contributed by atoms with E-state index in [9.17, 15) is 17.6 Å². The molecule has 0 bridgehead atoms. The third-order valence-corrected chi connectivity index (χ3v) is 5.96. The molecule has 0 radical (unpaired) electrons. The Labute approximate surface area is 187 Å². The highest BCUT2D eigenvalue weighted by molar-refractivity contribution is 7.92. The molecule has 0 saturated heterocycles. The van der Waals surface area contributed by atoms with Crippen LogP contribution in [0.4, 0.5) is 10.1 Å². The summed E-state index contributed by atoms with van der Waals surface area (Å²) >= 11 is 0. The molecule has 0 aliphatic heterocycles. The van der Waals surface area contributed by atoms with E-state index in [1.807, 2.05) is 30.3 Å². The Bertz CT molecular complexity index is 1130. The van der Waals surface area contributed by atoms with Crippen LogP contribution in [0.15, 0.2) is 78.9 Å². The molecule has 0 spiro atoms. The standard InChI is InChI=1S/C24H25FN2O4S/c1-26(16-19-6-4-3-5-7-19)24(28)18-31-23-14-12-22(13-15-23)27(32(2,29)30)17-20-8-10-21(25)11-9-20/h3-15H,16-18H2,1-2H3. The predicted octanol–water partition coefficient (Wildman–Crippen LogP) is 3.83. The summed E-state index contributed by atoms with van der Waals surface area (Å²) in [5.74, 6) is -0.109. The van der Waals surface area contributed by atoms with Crippen molar-refractivity contribution >= 4 is 21.6 Å². The summed E-state index contributed by atoms with van der Waals surface area (Å²) in [5.41, 5.74) is 2.12. The average molecular weight is 457 g/mol. The Hall–Kier alpha value is -3.39. The molecule has 1 amide bonds. The van der Waals surface area contributed by atoms with Crippen LogP contribution in [0.25, 0.3) is 0 Å². The van der Waals surface area contributed by atoms with Crippen LogP contribution < -0.4 is 9.04 Å². The van der Waals surface area contributed by atoms with Gasteiger partial charge in [-0.05, 0) is 47.5 Å². The zero-order valence-electron chi connectivity index (χ0n) is 17.9. The number of likely N-dealkylation sites (N-methyl/N-ethyl adjacent to an activating group) is 1. The largest absolute Gasteiger partial charge is 0.484 e. The summed E-state index contributed by atoms with van der Waals surface area (Å²) in [6.07, 6.45) is 1.11. The van der Waals surface area contributed by atoms with Crippen molar-refractivity contribution in [1.82, 2.24) is 4.90 Å². The SMILES string of the molecule is CN(Cc1ccccc1)C(=O)COc1ccc(N(Cc2ccc(F)cc2)S(C)(=O)=O)cc1. The van der Waals surface area contributed by atoms with E-state index in [1.165, 1.54) is 16.4 Å². The van der Waals surface area contributed by atoms with Crippen LogP contribution in [-0.2, 0) is 27.9 Å². The number of carbonyl (C=O) groups is 1. The van der Waals surface area contributed by atoms with Crippen molar-refractivity contribution in [1.29, 1.82) is 0 Å².